The van der Waals surface area contributed by atoms with Crippen molar-refractivity contribution in [3.8, 4) is 0 Å². The first kappa shape index (κ1) is 99.5. The SMILES string of the molecule is CCCCCC/C=C\C=C/CCCCCCCC(=O)O[C@H](COC(=O)CCCCCCCCCCCCC)COP(=O)(O)OC[C@H](O)COP(=O)(O)OC[C@@H](COC(=O)CCCCCCCCCCCCCCCCC(C)CC)OC(=O)CCCCCCCCCCCCCCCCC(C)CC. The van der Waals surface area contributed by atoms with E-state index in [1.165, 1.54) is 218 Å². The lowest BCUT2D eigenvalue weighted by atomic mass is 9.99. The molecule has 7 atom stereocenters. The number of carbonyl (C=O) groups is 4. The summed E-state index contributed by atoms with van der Waals surface area (Å²) in [5, 5.41) is 10.7. The van der Waals surface area contributed by atoms with E-state index in [2.05, 4.69) is 65.8 Å². The Balaban J connectivity index is 5.29. The van der Waals surface area contributed by atoms with Crippen molar-refractivity contribution in [2.75, 3.05) is 39.6 Å². The zero-order valence-corrected chi connectivity index (χ0v) is 68.2. The minimum Gasteiger partial charge on any atom is -0.462 e. The highest BCUT2D eigenvalue weighted by molar-refractivity contribution is 7.47. The van der Waals surface area contributed by atoms with Gasteiger partial charge in [-0.25, -0.2) is 9.13 Å². The van der Waals surface area contributed by atoms with Gasteiger partial charge in [0.1, 0.15) is 19.3 Å². The van der Waals surface area contributed by atoms with Crippen LogP contribution in [-0.2, 0) is 65.4 Å². The van der Waals surface area contributed by atoms with Crippen LogP contribution in [0.15, 0.2) is 24.3 Å². The van der Waals surface area contributed by atoms with Crippen molar-refractivity contribution < 1.29 is 80.2 Å². The van der Waals surface area contributed by atoms with Crippen LogP contribution in [0, 0.1) is 11.8 Å². The molecule has 0 aliphatic rings. The van der Waals surface area contributed by atoms with E-state index in [0.29, 0.717) is 25.7 Å². The van der Waals surface area contributed by atoms with Crippen LogP contribution >= 0.6 is 15.6 Å². The van der Waals surface area contributed by atoms with Gasteiger partial charge in [0.25, 0.3) is 0 Å². The first-order valence-electron chi connectivity index (χ1n) is 42.4. The molecular weight excluding hydrogens is 1330 g/mol. The largest absolute Gasteiger partial charge is 0.472 e. The molecular formula is C83H158O17P2. The number of allylic oxidation sites excluding steroid dienone is 4. The number of phosphoric ester groups is 2. The standard InChI is InChI=1S/C83H158O17P2/c1-7-11-13-15-17-19-21-22-23-31-37-43-49-55-61-67-82(87)99-78(71-93-80(85)65-59-53-47-41-33-20-18-16-14-12-8-2)73-97-101(89,90)95-69-77(84)70-96-102(91,92)98-74-79(100-83(88)68-62-56-50-44-38-32-27-25-29-35-40-46-52-58-64-76(6)10-4)72-94-81(86)66-60-54-48-42-36-30-26-24-28-34-39-45-51-57-63-75(5)9-3/h19,21-23,75-79,84H,7-18,20,24-74H2,1-6H3,(H,89,90)(H,91,92)/b21-19-,23-22-/t75?,76?,77-,78+,79+/m0/s1. The number of rotatable bonds is 80. The van der Waals surface area contributed by atoms with E-state index in [-0.39, 0.29) is 25.7 Å². The van der Waals surface area contributed by atoms with E-state index in [1.807, 2.05) is 0 Å². The van der Waals surface area contributed by atoms with Gasteiger partial charge in [0, 0.05) is 25.7 Å². The molecule has 0 saturated carbocycles. The Morgan fingerprint density at radius 3 is 0.833 bits per heavy atom. The molecule has 602 valence electrons. The summed E-state index contributed by atoms with van der Waals surface area (Å²) in [6, 6.07) is 0. The molecule has 4 unspecified atom stereocenters. The minimum atomic E-state index is -4.97. The number of ether oxygens (including phenoxy) is 4. The van der Waals surface area contributed by atoms with E-state index >= 15 is 0 Å². The molecule has 0 aromatic rings. The predicted octanol–water partition coefficient (Wildman–Crippen LogP) is 24.6. The fourth-order valence-corrected chi connectivity index (χ4v) is 13.9. The quantitative estimate of drug-likeness (QED) is 0.0169. The van der Waals surface area contributed by atoms with Crippen LogP contribution in [0.25, 0.3) is 0 Å². The van der Waals surface area contributed by atoms with Gasteiger partial charge < -0.3 is 33.8 Å². The molecule has 0 aliphatic heterocycles. The predicted molar refractivity (Wildman–Crippen MR) is 418 cm³/mol. The van der Waals surface area contributed by atoms with Crippen molar-refractivity contribution in [2.24, 2.45) is 11.8 Å². The van der Waals surface area contributed by atoms with Gasteiger partial charge in [-0.15, -0.1) is 0 Å². The zero-order valence-electron chi connectivity index (χ0n) is 66.4. The van der Waals surface area contributed by atoms with E-state index in [0.717, 1.165) is 115 Å². The van der Waals surface area contributed by atoms with E-state index in [9.17, 15) is 43.2 Å². The molecule has 0 spiro atoms. The number of aliphatic hydroxyl groups excluding tert-OH is 1. The summed E-state index contributed by atoms with van der Waals surface area (Å²) >= 11 is 0. The topological polar surface area (TPSA) is 237 Å². The summed E-state index contributed by atoms with van der Waals surface area (Å²) in [5.41, 5.74) is 0. The average molecular weight is 1490 g/mol. The maximum atomic E-state index is 13.1. The molecule has 0 aromatic carbocycles. The highest BCUT2D eigenvalue weighted by atomic mass is 31.2. The normalized spacial score (nSPS) is 14.6. The van der Waals surface area contributed by atoms with Gasteiger partial charge in [-0.1, -0.05) is 361 Å². The third-order valence-corrected chi connectivity index (χ3v) is 21.5. The molecule has 0 fully saturated rings. The van der Waals surface area contributed by atoms with Crippen LogP contribution in [0.3, 0.4) is 0 Å². The lowest BCUT2D eigenvalue weighted by Gasteiger charge is -2.21. The van der Waals surface area contributed by atoms with Gasteiger partial charge in [0.15, 0.2) is 12.2 Å². The second-order valence-corrected chi connectivity index (χ2v) is 32.6. The van der Waals surface area contributed by atoms with Gasteiger partial charge in [-0.05, 0) is 63.2 Å². The highest BCUT2D eigenvalue weighted by Crippen LogP contribution is 2.45. The van der Waals surface area contributed by atoms with Crippen molar-refractivity contribution in [1.82, 2.24) is 0 Å². The number of carbonyl (C=O) groups excluding carboxylic acids is 4. The van der Waals surface area contributed by atoms with Crippen molar-refractivity contribution in [2.45, 2.75) is 432 Å². The smallest absolute Gasteiger partial charge is 0.462 e. The van der Waals surface area contributed by atoms with Gasteiger partial charge in [-0.3, -0.25) is 37.3 Å². The van der Waals surface area contributed by atoms with Crippen molar-refractivity contribution in [1.29, 1.82) is 0 Å². The third-order valence-electron chi connectivity index (χ3n) is 19.6. The summed E-state index contributed by atoms with van der Waals surface area (Å²) in [4.78, 5) is 73.1. The first-order valence-corrected chi connectivity index (χ1v) is 45.4. The maximum Gasteiger partial charge on any atom is 0.472 e. The Kier molecular flexibility index (Phi) is 72.2. The zero-order chi connectivity index (χ0) is 74.9. The number of hydrogen-bond donors (Lipinski definition) is 3. The van der Waals surface area contributed by atoms with Crippen LogP contribution in [0.2, 0.25) is 0 Å². The molecule has 0 saturated heterocycles. The molecule has 0 bridgehead atoms. The first-order chi connectivity index (χ1) is 49.4. The molecule has 19 heteroatoms. The fourth-order valence-electron chi connectivity index (χ4n) is 12.3. The number of hydrogen-bond acceptors (Lipinski definition) is 15. The summed E-state index contributed by atoms with van der Waals surface area (Å²) in [5.74, 6) is -0.442. The van der Waals surface area contributed by atoms with Crippen LogP contribution in [-0.4, -0.2) is 96.7 Å². The molecule has 0 rings (SSSR count). The van der Waals surface area contributed by atoms with Gasteiger partial charge in [0.05, 0.1) is 26.4 Å². The number of unbranched alkanes of at least 4 members (excludes halogenated alkanes) is 45. The molecule has 0 aliphatic carbocycles. The second kappa shape index (κ2) is 74.0. The Morgan fingerprint density at radius 2 is 0.549 bits per heavy atom. The molecule has 102 heavy (non-hydrogen) atoms. The Hall–Kier alpha value is -2.46. The second-order valence-electron chi connectivity index (χ2n) is 29.7. The molecule has 0 amide bonds. The maximum absolute atomic E-state index is 13.1. The van der Waals surface area contributed by atoms with E-state index in [1.54, 1.807) is 0 Å². The van der Waals surface area contributed by atoms with Crippen LogP contribution in [0.5, 0.6) is 0 Å². The van der Waals surface area contributed by atoms with Crippen LogP contribution in [0.1, 0.15) is 414 Å². The monoisotopic (exact) mass is 1490 g/mol. The lowest BCUT2D eigenvalue weighted by Crippen LogP contribution is -2.30. The lowest BCUT2D eigenvalue weighted by molar-refractivity contribution is -0.161. The van der Waals surface area contributed by atoms with Gasteiger partial charge >= 0.3 is 39.5 Å². The van der Waals surface area contributed by atoms with Crippen LogP contribution < -0.4 is 0 Å². The summed E-state index contributed by atoms with van der Waals surface area (Å²) in [6.45, 7) is 9.69. The Bertz CT molecular complexity index is 2060. The molecule has 0 aromatic heterocycles. The Labute approximate surface area is 624 Å². The van der Waals surface area contributed by atoms with E-state index < -0.39 is 97.5 Å². The summed E-state index contributed by atoms with van der Waals surface area (Å²) in [7, 11) is -9.94. The third kappa shape index (κ3) is 73.1. The molecule has 0 radical (unpaired) electrons. The van der Waals surface area contributed by atoms with Gasteiger partial charge in [0.2, 0.25) is 0 Å². The summed E-state index contributed by atoms with van der Waals surface area (Å²) in [6.07, 6.45) is 67.1. The van der Waals surface area contributed by atoms with Gasteiger partial charge in [-0.2, -0.15) is 0 Å². The summed E-state index contributed by atoms with van der Waals surface area (Å²) < 4.78 is 68.7. The molecule has 17 nitrogen and oxygen atoms in total. The number of phosphoric acid groups is 2. The van der Waals surface area contributed by atoms with E-state index in [4.69, 9.17) is 37.0 Å². The van der Waals surface area contributed by atoms with Crippen LogP contribution in [0.4, 0.5) is 0 Å². The molecule has 0 heterocycles. The number of esters is 4. The highest BCUT2D eigenvalue weighted by Gasteiger charge is 2.30. The average Bonchev–Trinajstić information content (AvgIpc) is 0.913. The minimum absolute atomic E-state index is 0.0854. The fraction of sp³-hybridized carbons (Fsp3) is 0.904. The molecule has 3 N–H and O–H groups in total. The van der Waals surface area contributed by atoms with Crippen molar-refractivity contribution >= 4 is 39.5 Å². The number of aliphatic hydroxyl groups is 1. The van der Waals surface area contributed by atoms with Crippen molar-refractivity contribution in [3.63, 3.8) is 0 Å². The van der Waals surface area contributed by atoms with Crippen molar-refractivity contribution in [3.05, 3.63) is 24.3 Å². The Morgan fingerprint density at radius 1 is 0.314 bits per heavy atom.